The highest BCUT2D eigenvalue weighted by Gasteiger charge is 2.86. The third-order valence-corrected chi connectivity index (χ3v) is 21.1. The second-order valence-corrected chi connectivity index (χ2v) is 28.6. The maximum atomic E-state index is 14.3. The van der Waals surface area contributed by atoms with Crippen LogP contribution in [-0.2, 0) is 43.1 Å². The standard InChI is InChI=1S/C31H50N4O6.C26H42N4O4/c1-27(2,3)22(34-26(40)41-28(4,5)6)25(39)35-17-31(29(7,8)30(31)13-10-14-30)16-20(35)24(38)33-19(21(36)23(32)37)15-18-11-9-12-18;1-23(2,3)19(27)22(34)30-14-26(24(4,5)25(26)10-7-11-25)13-17(30)21(33)29-16(18(31)20(28)32)12-15-8-6-9-15/h18-20,22H,9-17H2,1-8H3,(H2,32,37)(H,33,38)(H,34,40);15-17,19H,6-14,27H2,1-5H3,(H2,28,32)(H,29,33)/t19?,20-,22+,31?;16?,17-,19+,26?/m00/s1. The molecule has 0 bridgehead atoms. The predicted octanol–water partition coefficient (Wildman–Crippen LogP) is 5.34. The van der Waals surface area contributed by atoms with Crippen molar-refractivity contribution in [1.29, 1.82) is 0 Å². The van der Waals surface area contributed by atoms with Gasteiger partial charge in [0.15, 0.2) is 0 Å². The number of rotatable bonds is 15. The van der Waals surface area contributed by atoms with Crippen molar-refractivity contribution in [3.63, 3.8) is 0 Å². The number of ether oxygens (including phenoxy) is 1. The van der Waals surface area contributed by atoms with E-state index in [9.17, 15) is 43.2 Å². The first-order valence-corrected chi connectivity index (χ1v) is 28.1. The quantitative estimate of drug-likeness (QED) is 0.114. The molecule has 4 unspecified atom stereocenters. The number of fused-ring (bicyclic) bond motifs is 2. The lowest BCUT2D eigenvalue weighted by Gasteiger charge is -2.36. The molecule has 8 atom stereocenters. The number of likely N-dealkylation sites (tertiary alicyclic amines) is 2. The highest BCUT2D eigenvalue weighted by molar-refractivity contribution is 6.38. The molecule has 8 rings (SSSR count). The van der Waals surface area contributed by atoms with Gasteiger partial charge in [-0.1, -0.05) is 121 Å². The molecule has 2 saturated heterocycles. The van der Waals surface area contributed by atoms with Crippen molar-refractivity contribution in [1.82, 2.24) is 25.8 Å². The zero-order valence-electron chi connectivity index (χ0n) is 47.6. The Morgan fingerprint density at radius 1 is 0.547 bits per heavy atom. The largest absolute Gasteiger partial charge is 0.444 e. The molecule has 18 nitrogen and oxygen atoms in total. The fourth-order valence-electron chi connectivity index (χ4n) is 15.4. The maximum absolute atomic E-state index is 14.3. The smallest absolute Gasteiger partial charge is 0.408 e. The average molecular weight is 1050 g/mol. The van der Waals surface area contributed by atoms with E-state index in [0.717, 1.165) is 70.6 Å². The Balaban J connectivity index is 0.000000222. The van der Waals surface area contributed by atoms with Gasteiger partial charge in [-0.3, -0.25) is 38.4 Å². The summed E-state index contributed by atoms with van der Waals surface area (Å²) < 4.78 is 5.47. The molecular formula is C57H92N8O10. The van der Waals surface area contributed by atoms with Crippen molar-refractivity contribution in [3.8, 4) is 0 Å². The van der Waals surface area contributed by atoms with E-state index in [1.807, 2.05) is 41.5 Å². The number of alkyl carbamates (subject to hydrolysis) is 1. The minimum Gasteiger partial charge on any atom is -0.444 e. The summed E-state index contributed by atoms with van der Waals surface area (Å²) in [5.41, 5.74) is 15.0. The molecule has 0 aromatic carbocycles. The molecule has 6 saturated carbocycles. The average Bonchev–Trinajstić information content (AvgIpc) is 3.55. The normalized spacial score (nSPS) is 29.2. The number of amides is 7. The molecule has 2 aliphatic heterocycles. The van der Waals surface area contributed by atoms with Gasteiger partial charge in [-0.05, 0) is 116 Å². The van der Waals surface area contributed by atoms with Crippen LogP contribution in [0.2, 0.25) is 0 Å². The molecule has 8 aliphatic rings. The van der Waals surface area contributed by atoms with Crippen LogP contribution in [0.4, 0.5) is 4.79 Å². The molecular weight excluding hydrogens is 957 g/mol. The zero-order valence-corrected chi connectivity index (χ0v) is 47.6. The summed E-state index contributed by atoms with van der Waals surface area (Å²) in [6, 6.07) is -5.18. The van der Waals surface area contributed by atoms with Crippen molar-refractivity contribution in [2.24, 2.45) is 72.4 Å². The molecule has 420 valence electrons. The van der Waals surface area contributed by atoms with Crippen molar-refractivity contribution in [2.75, 3.05) is 13.1 Å². The van der Waals surface area contributed by atoms with Crippen molar-refractivity contribution < 1.29 is 47.9 Å². The Labute approximate surface area is 445 Å². The van der Waals surface area contributed by atoms with Crippen LogP contribution in [-0.4, -0.2) is 118 Å². The molecule has 4 spiro atoms. The summed E-state index contributed by atoms with van der Waals surface area (Å²) in [4.78, 5) is 120. The third-order valence-electron chi connectivity index (χ3n) is 21.1. The zero-order chi connectivity index (χ0) is 56.0. The van der Waals surface area contributed by atoms with Gasteiger partial charge in [-0.2, -0.15) is 0 Å². The SMILES string of the molecule is CC(C)(C)OC(=O)N[C@H](C(=O)N1CC2(C[C@H]1C(=O)NC(CC1CCC1)C(=O)C(N)=O)C(C)(C)C21CCC1)C(C)(C)C.CC(C)(C)[C@H](N)C(=O)N1CC2(C[C@H]1C(=O)NC(CC1CCC1)C(=O)C(N)=O)C(C)(C)C21CCC1. The van der Waals surface area contributed by atoms with Crippen LogP contribution in [0, 0.1) is 55.2 Å². The van der Waals surface area contributed by atoms with Crippen LogP contribution in [0.25, 0.3) is 0 Å². The summed E-state index contributed by atoms with van der Waals surface area (Å²) in [5, 5.41) is 8.45. The molecule has 0 radical (unpaired) electrons. The van der Waals surface area contributed by atoms with E-state index < -0.39 is 88.1 Å². The van der Waals surface area contributed by atoms with Gasteiger partial charge < -0.3 is 47.7 Å². The van der Waals surface area contributed by atoms with Crippen molar-refractivity contribution >= 4 is 53.1 Å². The Morgan fingerprint density at radius 2 is 0.920 bits per heavy atom. The number of carbonyl (C=O) groups is 9. The van der Waals surface area contributed by atoms with Gasteiger partial charge in [-0.25, -0.2) is 4.79 Å². The van der Waals surface area contributed by atoms with Gasteiger partial charge in [0.2, 0.25) is 35.2 Å². The van der Waals surface area contributed by atoms with Gasteiger partial charge in [0.05, 0.1) is 18.1 Å². The summed E-state index contributed by atoms with van der Waals surface area (Å²) in [7, 11) is 0. The number of hydrogen-bond acceptors (Lipinski definition) is 11. The van der Waals surface area contributed by atoms with E-state index >= 15 is 0 Å². The van der Waals surface area contributed by atoms with Gasteiger partial charge >= 0.3 is 6.09 Å². The van der Waals surface area contributed by atoms with E-state index in [0.29, 0.717) is 44.7 Å². The van der Waals surface area contributed by atoms with Crippen LogP contribution in [0.3, 0.4) is 0 Å². The molecule has 6 aliphatic carbocycles. The first-order chi connectivity index (χ1) is 34.4. The summed E-state index contributed by atoms with van der Waals surface area (Å²) in [6.45, 7) is 26.5. The third kappa shape index (κ3) is 9.90. The number of nitrogens with two attached hydrogens (primary N) is 3. The molecule has 18 heteroatoms. The summed E-state index contributed by atoms with van der Waals surface area (Å²) in [6.07, 6.45) is 13.7. The highest BCUT2D eigenvalue weighted by atomic mass is 16.6. The Morgan fingerprint density at radius 3 is 1.19 bits per heavy atom. The predicted molar refractivity (Wildman–Crippen MR) is 281 cm³/mol. The minimum absolute atomic E-state index is 0.0337. The summed E-state index contributed by atoms with van der Waals surface area (Å²) >= 11 is 0. The van der Waals surface area contributed by atoms with Crippen LogP contribution >= 0.6 is 0 Å². The van der Waals surface area contributed by atoms with Crippen molar-refractivity contribution in [3.05, 3.63) is 0 Å². The second kappa shape index (κ2) is 19.7. The van der Waals surface area contributed by atoms with Crippen LogP contribution in [0.15, 0.2) is 0 Å². The van der Waals surface area contributed by atoms with E-state index in [2.05, 4.69) is 43.6 Å². The molecule has 0 aromatic rings. The van der Waals surface area contributed by atoms with Crippen molar-refractivity contribution in [2.45, 2.75) is 235 Å². The number of primary amides is 2. The fraction of sp³-hybridized carbons (Fsp3) is 0.842. The number of nitrogens with zero attached hydrogens (tertiary/aromatic N) is 2. The molecule has 75 heavy (non-hydrogen) atoms. The van der Waals surface area contributed by atoms with Gasteiger partial charge in [0, 0.05) is 23.9 Å². The summed E-state index contributed by atoms with van der Waals surface area (Å²) in [5.74, 6) is -4.53. The molecule has 2 heterocycles. The Bertz CT molecular complexity index is 2330. The van der Waals surface area contributed by atoms with Gasteiger partial charge in [0.25, 0.3) is 11.8 Å². The van der Waals surface area contributed by atoms with Gasteiger partial charge in [-0.15, -0.1) is 0 Å². The Kier molecular flexibility index (Phi) is 15.2. The van der Waals surface area contributed by atoms with Crippen LogP contribution < -0.4 is 33.2 Å². The molecule has 8 fully saturated rings. The lowest BCUT2D eigenvalue weighted by molar-refractivity contribution is -0.143. The number of nitrogens with one attached hydrogen (secondary N) is 3. The van der Waals surface area contributed by atoms with Crippen LogP contribution in [0.1, 0.15) is 193 Å². The first kappa shape index (κ1) is 58.1. The number of ketones is 2. The van der Waals surface area contributed by atoms with E-state index in [-0.39, 0.29) is 56.1 Å². The van der Waals surface area contributed by atoms with Gasteiger partial charge in [0.1, 0.15) is 23.7 Å². The minimum atomic E-state index is -1.07. The highest BCUT2D eigenvalue weighted by Crippen LogP contribution is 2.89. The molecule has 0 aromatic heterocycles. The molecule has 7 amide bonds. The fourth-order valence-corrected chi connectivity index (χ4v) is 15.4. The maximum Gasteiger partial charge on any atom is 0.408 e. The monoisotopic (exact) mass is 1050 g/mol. The topological polar surface area (TPSA) is 283 Å². The first-order valence-electron chi connectivity index (χ1n) is 28.1. The Hall–Kier alpha value is -4.61. The number of carbonyl (C=O) groups excluding carboxylic acids is 9. The van der Waals surface area contributed by atoms with E-state index in [1.165, 1.54) is 6.42 Å². The van der Waals surface area contributed by atoms with Crippen LogP contribution in [0.5, 0.6) is 0 Å². The second-order valence-electron chi connectivity index (χ2n) is 28.6. The van der Waals surface area contributed by atoms with E-state index in [4.69, 9.17) is 21.9 Å². The number of hydrogen-bond donors (Lipinski definition) is 6. The van der Waals surface area contributed by atoms with E-state index in [1.54, 1.807) is 30.6 Å². The lowest BCUT2D eigenvalue weighted by atomic mass is 9.73. The lowest BCUT2D eigenvalue weighted by Crippen LogP contribution is -2.59. The number of Topliss-reactive ketones (excluding diaryl/α,β-unsaturated/α-hetero) is 2. The molecule has 9 N–H and O–H groups in total.